The average molecular weight is 326 g/mol. The lowest BCUT2D eigenvalue weighted by molar-refractivity contribution is 0.0953. The number of hydrogen-bond acceptors (Lipinski definition) is 6. The lowest BCUT2D eigenvalue weighted by atomic mass is 10.1. The molecule has 0 saturated carbocycles. The quantitative estimate of drug-likeness (QED) is 0.930. The Morgan fingerprint density at radius 2 is 2.10 bits per heavy atom. The highest BCUT2D eigenvalue weighted by Gasteiger charge is 2.13. The van der Waals surface area contributed by atoms with Crippen molar-refractivity contribution in [2.45, 2.75) is 6.42 Å². The molecule has 0 atom stereocenters. The van der Waals surface area contributed by atoms with Crippen LogP contribution in [0.15, 0.2) is 18.2 Å². The van der Waals surface area contributed by atoms with Crippen molar-refractivity contribution >= 4 is 28.8 Å². The summed E-state index contributed by atoms with van der Waals surface area (Å²) in [6, 6.07) is 5.78. The van der Waals surface area contributed by atoms with Gasteiger partial charge in [-0.05, 0) is 35.7 Å². The fourth-order valence-electron chi connectivity index (χ4n) is 1.94. The predicted octanol–water partition coefficient (Wildman–Crippen LogP) is 1.94. The van der Waals surface area contributed by atoms with Gasteiger partial charge in [-0.3, -0.25) is 4.79 Å². The predicted molar refractivity (Wildman–Crippen MR) is 78.4 cm³/mol. The Labute approximate surface area is 130 Å². The van der Waals surface area contributed by atoms with Gasteiger partial charge in [0.2, 0.25) is 9.47 Å². The minimum atomic E-state index is -0.267. The summed E-state index contributed by atoms with van der Waals surface area (Å²) >= 11 is 6.70. The van der Waals surface area contributed by atoms with Gasteiger partial charge in [-0.25, -0.2) is 0 Å². The number of fused-ring (bicyclic) bond motifs is 1. The molecule has 0 radical (unpaired) electrons. The van der Waals surface area contributed by atoms with Crippen LogP contribution >= 0.6 is 22.9 Å². The topological polar surface area (TPSA) is 73.3 Å². The number of hydrogen-bond donors (Lipinski definition) is 1. The van der Waals surface area contributed by atoms with Gasteiger partial charge in [0.05, 0.1) is 0 Å². The molecule has 0 aliphatic carbocycles. The summed E-state index contributed by atoms with van der Waals surface area (Å²) in [5, 5.41) is 10.3. The molecule has 0 fully saturated rings. The van der Waals surface area contributed by atoms with Crippen molar-refractivity contribution in [1.82, 2.24) is 15.5 Å². The molecule has 1 N–H and O–H groups in total. The second-order valence-corrected chi connectivity index (χ2v) is 5.90. The second-order valence-electron chi connectivity index (χ2n) is 4.34. The van der Waals surface area contributed by atoms with E-state index in [4.69, 9.17) is 21.1 Å². The molecule has 8 heteroatoms. The van der Waals surface area contributed by atoms with E-state index in [9.17, 15) is 4.79 Å². The van der Waals surface area contributed by atoms with Crippen LogP contribution in [0.1, 0.15) is 15.4 Å². The second kappa shape index (κ2) is 6.28. The van der Waals surface area contributed by atoms with Crippen LogP contribution in [0.5, 0.6) is 11.5 Å². The maximum Gasteiger partial charge on any atom is 0.282 e. The SMILES string of the molecule is O=C(NCCc1ccc2c(c1)OCCO2)c1nnc(Cl)s1. The molecule has 2 heterocycles. The minimum absolute atomic E-state index is 0.256. The van der Waals surface area contributed by atoms with Crippen LogP contribution in [0.2, 0.25) is 4.47 Å². The van der Waals surface area contributed by atoms with Crippen LogP contribution < -0.4 is 14.8 Å². The van der Waals surface area contributed by atoms with Gasteiger partial charge in [-0.2, -0.15) is 0 Å². The Hall–Kier alpha value is -1.86. The molecule has 2 aromatic rings. The molecular formula is C13H12ClN3O3S. The van der Waals surface area contributed by atoms with Crippen molar-refractivity contribution in [2.75, 3.05) is 19.8 Å². The normalized spacial score (nSPS) is 13.0. The standard InChI is InChI=1S/C13H12ClN3O3S/c14-13-17-16-12(21-13)11(18)15-4-3-8-1-2-9-10(7-8)20-6-5-19-9/h1-2,7H,3-6H2,(H,15,18). The first kappa shape index (κ1) is 14.1. The summed E-state index contributed by atoms with van der Waals surface area (Å²) in [6.45, 7) is 1.63. The molecule has 6 nitrogen and oxygen atoms in total. The molecule has 0 spiro atoms. The lowest BCUT2D eigenvalue weighted by Crippen LogP contribution is -2.25. The van der Waals surface area contributed by atoms with Gasteiger partial charge in [-0.15, -0.1) is 10.2 Å². The molecule has 0 saturated heterocycles. The summed E-state index contributed by atoms with van der Waals surface area (Å²) in [5.41, 5.74) is 1.06. The van der Waals surface area contributed by atoms with Crippen LogP contribution in [0.3, 0.4) is 0 Å². The van der Waals surface area contributed by atoms with Crippen LogP contribution in [0.25, 0.3) is 0 Å². The number of carbonyl (C=O) groups is 1. The summed E-state index contributed by atoms with van der Waals surface area (Å²) in [4.78, 5) is 11.8. The number of amides is 1. The Kier molecular flexibility index (Phi) is 4.21. The Morgan fingerprint density at radius 3 is 2.86 bits per heavy atom. The van der Waals surface area contributed by atoms with Gasteiger partial charge < -0.3 is 14.8 Å². The lowest BCUT2D eigenvalue weighted by Gasteiger charge is -2.18. The van der Waals surface area contributed by atoms with E-state index in [0.717, 1.165) is 28.4 Å². The third kappa shape index (κ3) is 3.43. The maximum atomic E-state index is 11.8. The summed E-state index contributed by atoms with van der Waals surface area (Å²) in [5.74, 6) is 1.25. The van der Waals surface area contributed by atoms with E-state index >= 15 is 0 Å². The average Bonchev–Trinajstić information content (AvgIpc) is 2.94. The van der Waals surface area contributed by atoms with Crippen LogP contribution in [-0.2, 0) is 6.42 Å². The molecule has 0 bridgehead atoms. The third-order valence-electron chi connectivity index (χ3n) is 2.90. The first-order valence-corrected chi connectivity index (χ1v) is 7.57. The minimum Gasteiger partial charge on any atom is -0.486 e. The summed E-state index contributed by atoms with van der Waals surface area (Å²) < 4.78 is 11.2. The molecule has 21 heavy (non-hydrogen) atoms. The fourth-order valence-corrected chi connectivity index (χ4v) is 2.68. The zero-order valence-electron chi connectivity index (χ0n) is 11.0. The van der Waals surface area contributed by atoms with Gasteiger partial charge in [0.1, 0.15) is 13.2 Å². The number of halogens is 1. The van der Waals surface area contributed by atoms with E-state index in [1.54, 1.807) is 0 Å². The van der Waals surface area contributed by atoms with Gasteiger partial charge >= 0.3 is 0 Å². The van der Waals surface area contributed by atoms with Gasteiger partial charge in [0.15, 0.2) is 11.5 Å². The van der Waals surface area contributed by atoms with Crippen LogP contribution in [0, 0.1) is 0 Å². The number of rotatable bonds is 4. The van der Waals surface area contributed by atoms with Gasteiger partial charge in [0, 0.05) is 6.54 Å². The summed E-state index contributed by atoms with van der Waals surface area (Å²) in [7, 11) is 0. The van der Waals surface area contributed by atoms with Crippen molar-refractivity contribution in [3.05, 3.63) is 33.2 Å². The van der Waals surface area contributed by atoms with Crippen molar-refractivity contribution in [2.24, 2.45) is 0 Å². The molecular weight excluding hydrogens is 314 g/mol. The van der Waals surface area contributed by atoms with Crippen molar-refractivity contribution in [3.63, 3.8) is 0 Å². The molecule has 1 aliphatic heterocycles. The summed E-state index contributed by atoms with van der Waals surface area (Å²) in [6.07, 6.45) is 0.689. The number of carbonyl (C=O) groups excluding carboxylic acids is 1. The highest BCUT2D eigenvalue weighted by atomic mass is 35.5. The molecule has 110 valence electrons. The first-order valence-electron chi connectivity index (χ1n) is 6.38. The highest BCUT2D eigenvalue weighted by Crippen LogP contribution is 2.30. The number of aromatic nitrogens is 2. The van der Waals surface area contributed by atoms with Crippen molar-refractivity contribution < 1.29 is 14.3 Å². The zero-order chi connectivity index (χ0) is 14.7. The maximum absolute atomic E-state index is 11.8. The van der Waals surface area contributed by atoms with E-state index in [0.29, 0.717) is 26.2 Å². The van der Waals surface area contributed by atoms with Gasteiger partial charge in [0.25, 0.3) is 5.91 Å². The number of nitrogens with one attached hydrogen (secondary N) is 1. The van der Waals surface area contributed by atoms with Crippen molar-refractivity contribution in [1.29, 1.82) is 0 Å². The van der Waals surface area contributed by atoms with E-state index in [-0.39, 0.29) is 15.4 Å². The molecule has 3 rings (SSSR count). The Balaban J connectivity index is 1.54. The highest BCUT2D eigenvalue weighted by molar-refractivity contribution is 7.17. The van der Waals surface area contributed by atoms with Crippen molar-refractivity contribution in [3.8, 4) is 11.5 Å². The monoisotopic (exact) mass is 325 g/mol. The molecule has 0 unspecified atom stereocenters. The smallest absolute Gasteiger partial charge is 0.282 e. The van der Waals surface area contributed by atoms with E-state index < -0.39 is 0 Å². The molecule has 1 amide bonds. The van der Waals surface area contributed by atoms with Crippen LogP contribution in [0.4, 0.5) is 0 Å². The Bertz CT molecular complexity index is 662. The third-order valence-corrected chi connectivity index (χ3v) is 3.92. The van der Waals surface area contributed by atoms with E-state index in [1.807, 2.05) is 18.2 Å². The zero-order valence-corrected chi connectivity index (χ0v) is 12.5. The largest absolute Gasteiger partial charge is 0.486 e. The fraction of sp³-hybridized carbons (Fsp3) is 0.308. The molecule has 1 aliphatic rings. The first-order chi connectivity index (χ1) is 10.2. The number of benzene rings is 1. The molecule has 1 aromatic heterocycles. The van der Waals surface area contributed by atoms with Gasteiger partial charge in [-0.1, -0.05) is 17.4 Å². The number of nitrogens with zero attached hydrogens (tertiary/aromatic N) is 2. The number of ether oxygens (including phenoxy) is 2. The van der Waals surface area contributed by atoms with Crippen LogP contribution in [-0.4, -0.2) is 35.9 Å². The van der Waals surface area contributed by atoms with E-state index in [1.165, 1.54) is 0 Å². The molecule has 1 aromatic carbocycles. The van der Waals surface area contributed by atoms with E-state index in [2.05, 4.69) is 15.5 Å². The Morgan fingerprint density at radius 1 is 1.29 bits per heavy atom.